The lowest BCUT2D eigenvalue weighted by Crippen LogP contribution is -2.24. The third-order valence-corrected chi connectivity index (χ3v) is 5.99. The summed E-state index contributed by atoms with van der Waals surface area (Å²) in [6, 6.07) is 16.3. The zero-order valence-corrected chi connectivity index (χ0v) is 18.6. The molecule has 4 rings (SSSR count). The van der Waals surface area contributed by atoms with Gasteiger partial charge in [-0.05, 0) is 36.6 Å². The highest BCUT2D eigenvalue weighted by atomic mass is 32.2. The first-order valence-corrected chi connectivity index (χ1v) is 11.3. The summed E-state index contributed by atoms with van der Waals surface area (Å²) in [6.07, 6.45) is 0.837. The van der Waals surface area contributed by atoms with Gasteiger partial charge in [0.1, 0.15) is 6.07 Å². The fourth-order valence-electron chi connectivity index (χ4n) is 3.42. The number of thioether (sulfide) groups is 1. The molecular weight excluding hydrogens is 424 g/mol. The number of aryl methyl sites for hydroxylation is 1. The van der Waals surface area contributed by atoms with Crippen LogP contribution in [0.15, 0.2) is 58.5 Å². The first-order chi connectivity index (χ1) is 15.5. The summed E-state index contributed by atoms with van der Waals surface area (Å²) in [4.78, 5) is 25.6. The molecule has 0 atom stereocenters. The topological polar surface area (TPSA) is 105 Å². The zero-order valence-electron chi connectivity index (χ0n) is 17.8. The van der Waals surface area contributed by atoms with E-state index in [1.54, 1.807) is 34.9 Å². The quantitative estimate of drug-likeness (QED) is 0.434. The van der Waals surface area contributed by atoms with Gasteiger partial charge in [0, 0.05) is 6.54 Å². The van der Waals surface area contributed by atoms with E-state index >= 15 is 0 Å². The molecule has 0 bridgehead atoms. The molecule has 8 nitrogen and oxygen atoms in total. The number of carbonyl (C=O) groups is 1. The van der Waals surface area contributed by atoms with Gasteiger partial charge in [-0.3, -0.25) is 18.6 Å². The molecule has 0 saturated heterocycles. The van der Waals surface area contributed by atoms with Gasteiger partial charge in [-0.15, -0.1) is 10.2 Å². The van der Waals surface area contributed by atoms with Gasteiger partial charge in [0.05, 0.1) is 27.9 Å². The first-order valence-electron chi connectivity index (χ1n) is 10.3. The van der Waals surface area contributed by atoms with Crippen molar-refractivity contribution in [2.75, 3.05) is 11.1 Å². The summed E-state index contributed by atoms with van der Waals surface area (Å²) in [5.74, 6) is 0.726. The van der Waals surface area contributed by atoms with Crippen molar-refractivity contribution in [2.45, 2.75) is 32.0 Å². The maximum Gasteiger partial charge on any atom is 0.262 e. The predicted octanol–water partition coefficient (Wildman–Crippen LogP) is 3.69. The molecule has 2 aromatic heterocycles. The lowest BCUT2D eigenvalue weighted by atomic mass is 10.1. The Balaban J connectivity index is 1.66. The maximum absolute atomic E-state index is 13.1. The van der Waals surface area contributed by atoms with Gasteiger partial charge in [-0.25, -0.2) is 0 Å². The molecule has 0 spiro atoms. The second-order valence-electron chi connectivity index (χ2n) is 7.77. The minimum Gasteiger partial charge on any atom is -0.324 e. The molecule has 0 unspecified atom stereocenters. The smallest absolute Gasteiger partial charge is 0.262 e. The number of hydrogen-bond acceptors (Lipinski definition) is 6. The number of nitrogens with zero attached hydrogens (tertiary/aromatic N) is 5. The van der Waals surface area contributed by atoms with Gasteiger partial charge in [0.25, 0.3) is 5.56 Å². The van der Waals surface area contributed by atoms with Crippen LogP contribution in [0.1, 0.15) is 25.8 Å². The van der Waals surface area contributed by atoms with Crippen molar-refractivity contribution in [2.24, 2.45) is 5.92 Å². The van der Waals surface area contributed by atoms with Crippen molar-refractivity contribution in [3.8, 4) is 6.07 Å². The van der Waals surface area contributed by atoms with E-state index in [2.05, 4.69) is 35.4 Å². The molecule has 4 aromatic rings. The van der Waals surface area contributed by atoms with Crippen molar-refractivity contribution in [1.82, 2.24) is 19.2 Å². The summed E-state index contributed by atoms with van der Waals surface area (Å²) in [6.45, 7) is 4.76. The Morgan fingerprint density at radius 3 is 2.69 bits per heavy atom. The van der Waals surface area contributed by atoms with Gasteiger partial charge in [0.15, 0.2) is 5.16 Å². The Morgan fingerprint density at radius 1 is 1.16 bits per heavy atom. The van der Waals surface area contributed by atoms with Crippen LogP contribution in [0.3, 0.4) is 0 Å². The van der Waals surface area contributed by atoms with Crippen molar-refractivity contribution >= 4 is 40.0 Å². The van der Waals surface area contributed by atoms with Crippen LogP contribution < -0.4 is 10.9 Å². The van der Waals surface area contributed by atoms with Crippen molar-refractivity contribution in [3.63, 3.8) is 0 Å². The fourth-order valence-corrected chi connectivity index (χ4v) is 4.16. The van der Waals surface area contributed by atoms with Crippen LogP contribution in [-0.2, 0) is 11.3 Å². The van der Waals surface area contributed by atoms with Crippen LogP contribution in [0.5, 0.6) is 0 Å². The average molecular weight is 447 g/mol. The van der Waals surface area contributed by atoms with Crippen molar-refractivity contribution in [1.29, 1.82) is 5.26 Å². The van der Waals surface area contributed by atoms with E-state index in [-0.39, 0.29) is 17.2 Å². The average Bonchev–Trinajstić information content (AvgIpc) is 3.22. The number of aromatic nitrogens is 4. The van der Waals surface area contributed by atoms with Gasteiger partial charge in [0.2, 0.25) is 11.7 Å². The Labute approximate surface area is 188 Å². The Morgan fingerprint density at radius 2 is 1.91 bits per heavy atom. The number of fused-ring (bicyclic) bond motifs is 3. The number of nitrogens with one attached hydrogen (secondary N) is 1. The highest BCUT2D eigenvalue weighted by Crippen LogP contribution is 2.22. The molecule has 1 N–H and O–H groups in total. The molecule has 0 saturated carbocycles. The van der Waals surface area contributed by atoms with Crippen molar-refractivity contribution in [3.05, 3.63) is 64.4 Å². The van der Waals surface area contributed by atoms with Crippen LogP contribution in [0, 0.1) is 17.2 Å². The minimum atomic E-state index is -0.258. The summed E-state index contributed by atoms with van der Waals surface area (Å²) in [7, 11) is 0. The normalized spacial score (nSPS) is 11.2. The third-order valence-electron chi connectivity index (χ3n) is 5.06. The lowest BCUT2D eigenvalue weighted by molar-refractivity contribution is -0.113. The van der Waals surface area contributed by atoms with E-state index in [0.717, 1.165) is 6.42 Å². The third kappa shape index (κ3) is 4.22. The van der Waals surface area contributed by atoms with E-state index in [0.29, 0.717) is 45.6 Å². The van der Waals surface area contributed by atoms with Gasteiger partial charge < -0.3 is 5.32 Å². The van der Waals surface area contributed by atoms with Crippen LogP contribution in [0.2, 0.25) is 0 Å². The standard InChI is InChI=1S/C23H22N6O2S/c1-15(2)11-12-28-21(31)17-8-4-6-10-19(17)29-22(28)26-27-23(29)32-14-20(30)25-18-9-5-3-7-16(18)13-24/h3-10,15H,11-12,14H2,1-2H3,(H,25,30). The SMILES string of the molecule is CC(C)CCn1c(=O)c2ccccc2n2c(SCC(=O)Nc3ccccc3C#N)nnc12. The summed E-state index contributed by atoms with van der Waals surface area (Å²) in [5, 5.41) is 21.6. The fraction of sp³-hybridized carbons (Fsp3) is 0.261. The van der Waals surface area contributed by atoms with E-state index in [4.69, 9.17) is 0 Å². The molecule has 1 amide bonds. The number of anilines is 1. The number of nitriles is 1. The number of carbonyl (C=O) groups excluding carboxylic acids is 1. The number of amides is 1. The molecule has 9 heteroatoms. The summed E-state index contributed by atoms with van der Waals surface area (Å²) >= 11 is 1.23. The van der Waals surface area contributed by atoms with E-state index < -0.39 is 0 Å². The molecule has 162 valence electrons. The number of hydrogen-bond donors (Lipinski definition) is 1. The first kappa shape index (κ1) is 21.6. The summed E-state index contributed by atoms with van der Waals surface area (Å²) in [5.41, 5.74) is 1.48. The van der Waals surface area contributed by atoms with Crippen LogP contribution >= 0.6 is 11.8 Å². The number of para-hydroxylation sites is 2. The molecule has 2 heterocycles. The largest absolute Gasteiger partial charge is 0.324 e. The van der Waals surface area contributed by atoms with Gasteiger partial charge in [-0.1, -0.05) is 49.9 Å². The Bertz CT molecular complexity index is 1400. The Hall–Kier alpha value is -3.64. The second kappa shape index (κ2) is 9.24. The molecule has 0 aliphatic rings. The number of benzene rings is 2. The minimum absolute atomic E-state index is 0.0833. The maximum atomic E-state index is 13.1. The van der Waals surface area contributed by atoms with E-state index in [1.165, 1.54) is 11.8 Å². The second-order valence-corrected chi connectivity index (χ2v) is 8.71. The van der Waals surface area contributed by atoms with Gasteiger partial charge >= 0.3 is 0 Å². The highest BCUT2D eigenvalue weighted by molar-refractivity contribution is 7.99. The predicted molar refractivity (Wildman–Crippen MR) is 125 cm³/mol. The zero-order chi connectivity index (χ0) is 22.7. The molecule has 32 heavy (non-hydrogen) atoms. The molecule has 0 fully saturated rings. The monoisotopic (exact) mass is 446 g/mol. The molecular formula is C23H22N6O2S. The van der Waals surface area contributed by atoms with Gasteiger partial charge in [-0.2, -0.15) is 5.26 Å². The van der Waals surface area contributed by atoms with E-state index in [1.807, 2.05) is 22.6 Å². The van der Waals surface area contributed by atoms with Crippen LogP contribution in [-0.4, -0.2) is 30.8 Å². The highest BCUT2D eigenvalue weighted by Gasteiger charge is 2.18. The molecule has 0 radical (unpaired) electrons. The Kier molecular flexibility index (Phi) is 6.23. The van der Waals surface area contributed by atoms with Crippen LogP contribution in [0.4, 0.5) is 5.69 Å². The molecule has 2 aromatic carbocycles. The molecule has 0 aliphatic carbocycles. The molecule has 0 aliphatic heterocycles. The van der Waals surface area contributed by atoms with E-state index in [9.17, 15) is 14.9 Å². The van der Waals surface area contributed by atoms with Crippen molar-refractivity contribution < 1.29 is 4.79 Å². The number of rotatable bonds is 7. The van der Waals surface area contributed by atoms with Crippen LogP contribution in [0.25, 0.3) is 16.7 Å². The lowest BCUT2D eigenvalue weighted by Gasteiger charge is -2.12. The summed E-state index contributed by atoms with van der Waals surface area (Å²) < 4.78 is 3.49.